The minimum absolute atomic E-state index is 0.144. The summed E-state index contributed by atoms with van der Waals surface area (Å²) in [6, 6.07) is 14.9. The van der Waals surface area contributed by atoms with Gasteiger partial charge in [0.05, 0.1) is 16.5 Å². The molecule has 3 rings (SSSR count). The average molecular weight is 381 g/mol. The van der Waals surface area contributed by atoms with E-state index in [0.717, 1.165) is 33.4 Å². The highest BCUT2D eigenvalue weighted by Crippen LogP contribution is 2.32. The Kier molecular flexibility index (Phi) is 5.91. The lowest BCUT2D eigenvalue weighted by molar-refractivity contribution is 0.0378. The monoisotopic (exact) mass is 381 g/mol. The lowest BCUT2D eigenvalue weighted by atomic mass is 10.1. The van der Waals surface area contributed by atoms with Crippen LogP contribution >= 0.6 is 11.3 Å². The molecule has 140 valence electrons. The summed E-state index contributed by atoms with van der Waals surface area (Å²) in [7, 11) is 0. The smallest absolute Gasteiger partial charge is 0.338 e. The van der Waals surface area contributed by atoms with Gasteiger partial charge in [-0.1, -0.05) is 37.6 Å². The molecule has 5 heteroatoms. The Bertz CT molecular complexity index is 975. The maximum atomic E-state index is 12.9. The summed E-state index contributed by atoms with van der Waals surface area (Å²) in [5.74, 6) is -0.538. The second-order valence-corrected chi connectivity index (χ2v) is 7.70. The van der Waals surface area contributed by atoms with Crippen molar-refractivity contribution in [2.75, 3.05) is 5.32 Å². The number of nitrogens with one attached hydrogen (secondary N) is 1. The molecular weight excluding hydrogens is 358 g/mol. The molecule has 2 aromatic carbocycles. The van der Waals surface area contributed by atoms with Crippen LogP contribution in [0.3, 0.4) is 0 Å². The normalized spacial score (nSPS) is 11.0. The number of esters is 1. The number of rotatable bonds is 6. The number of thiophene rings is 1. The van der Waals surface area contributed by atoms with E-state index in [2.05, 4.69) is 18.3 Å². The van der Waals surface area contributed by atoms with E-state index in [1.54, 1.807) is 38.1 Å². The van der Waals surface area contributed by atoms with Gasteiger partial charge in [0.1, 0.15) is 0 Å². The molecule has 3 aromatic rings. The standard InChI is InChI=1S/C22H23NO3S/c1-4-8-18-17-11-5-6-12-19(17)27-20(18)21(24)23-16-10-7-9-15(13-16)22(25)26-14(2)3/h5-7,9-14H,4,8H2,1-3H3,(H,23,24). The Morgan fingerprint density at radius 3 is 2.63 bits per heavy atom. The third-order valence-electron chi connectivity index (χ3n) is 4.10. The van der Waals surface area contributed by atoms with Crippen LogP contribution in [0.2, 0.25) is 0 Å². The highest BCUT2D eigenvalue weighted by atomic mass is 32.1. The Balaban J connectivity index is 1.87. The van der Waals surface area contributed by atoms with E-state index in [0.29, 0.717) is 11.3 Å². The third-order valence-corrected chi connectivity index (χ3v) is 5.32. The number of ether oxygens (including phenoxy) is 1. The lowest BCUT2D eigenvalue weighted by Gasteiger charge is -2.10. The summed E-state index contributed by atoms with van der Waals surface area (Å²) in [5, 5.41) is 4.07. The van der Waals surface area contributed by atoms with E-state index >= 15 is 0 Å². The highest BCUT2D eigenvalue weighted by molar-refractivity contribution is 7.21. The van der Waals surface area contributed by atoms with Crippen molar-refractivity contribution in [2.45, 2.75) is 39.7 Å². The van der Waals surface area contributed by atoms with Gasteiger partial charge in [-0.3, -0.25) is 4.79 Å². The van der Waals surface area contributed by atoms with Crippen LogP contribution in [-0.4, -0.2) is 18.0 Å². The summed E-state index contributed by atoms with van der Waals surface area (Å²) in [4.78, 5) is 25.7. The molecular formula is C22H23NO3S. The number of fused-ring (bicyclic) bond motifs is 1. The Labute approximate surface area is 163 Å². The van der Waals surface area contributed by atoms with Crippen molar-refractivity contribution in [2.24, 2.45) is 0 Å². The van der Waals surface area contributed by atoms with Crippen LogP contribution in [0.4, 0.5) is 5.69 Å². The number of carbonyl (C=O) groups excluding carboxylic acids is 2. The molecule has 0 bridgehead atoms. The van der Waals surface area contributed by atoms with Crippen LogP contribution in [0.5, 0.6) is 0 Å². The van der Waals surface area contributed by atoms with Crippen LogP contribution in [0.1, 0.15) is 52.8 Å². The minimum Gasteiger partial charge on any atom is -0.459 e. The first kappa shape index (κ1) is 19.1. The molecule has 0 atom stereocenters. The fourth-order valence-electron chi connectivity index (χ4n) is 2.97. The SMILES string of the molecule is CCCc1c(C(=O)Nc2cccc(C(=O)OC(C)C)c2)sc2ccccc12. The van der Waals surface area contributed by atoms with Crippen molar-refractivity contribution in [1.82, 2.24) is 0 Å². The Hall–Kier alpha value is -2.66. The summed E-state index contributed by atoms with van der Waals surface area (Å²) >= 11 is 1.51. The summed E-state index contributed by atoms with van der Waals surface area (Å²) in [6.07, 6.45) is 1.64. The number of anilines is 1. The lowest BCUT2D eigenvalue weighted by Crippen LogP contribution is -2.14. The zero-order valence-electron chi connectivity index (χ0n) is 15.7. The van der Waals surface area contributed by atoms with Gasteiger partial charge in [-0.15, -0.1) is 11.3 Å². The van der Waals surface area contributed by atoms with Crippen molar-refractivity contribution in [3.63, 3.8) is 0 Å². The first-order valence-electron chi connectivity index (χ1n) is 9.12. The molecule has 0 radical (unpaired) electrons. The van der Waals surface area contributed by atoms with Crippen molar-refractivity contribution < 1.29 is 14.3 Å². The molecule has 4 nitrogen and oxygen atoms in total. The van der Waals surface area contributed by atoms with E-state index in [1.807, 2.05) is 18.2 Å². The Morgan fingerprint density at radius 1 is 1.11 bits per heavy atom. The molecule has 0 spiro atoms. The fraction of sp³-hybridized carbons (Fsp3) is 0.273. The van der Waals surface area contributed by atoms with Crippen molar-refractivity contribution in [3.8, 4) is 0 Å². The molecule has 0 saturated heterocycles. The quantitative estimate of drug-likeness (QED) is 0.560. The van der Waals surface area contributed by atoms with Crippen LogP contribution in [0.25, 0.3) is 10.1 Å². The molecule has 0 aliphatic heterocycles. The number of hydrogen-bond acceptors (Lipinski definition) is 4. The van der Waals surface area contributed by atoms with Crippen LogP contribution in [0.15, 0.2) is 48.5 Å². The number of benzene rings is 2. The second-order valence-electron chi connectivity index (χ2n) is 6.64. The van der Waals surface area contributed by atoms with Gasteiger partial charge < -0.3 is 10.1 Å². The third kappa shape index (κ3) is 4.37. The van der Waals surface area contributed by atoms with E-state index in [1.165, 1.54) is 11.3 Å². The maximum Gasteiger partial charge on any atom is 0.338 e. The van der Waals surface area contributed by atoms with E-state index in [9.17, 15) is 9.59 Å². The topological polar surface area (TPSA) is 55.4 Å². The molecule has 1 N–H and O–H groups in total. The first-order chi connectivity index (χ1) is 13.0. The van der Waals surface area contributed by atoms with Gasteiger partial charge in [-0.05, 0) is 55.5 Å². The van der Waals surface area contributed by atoms with Gasteiger partial charge in [0, 0.05) is 10.4 Å². The predicted molar refractivity (Wildman–Crippen MR) is 111 cm³/mol. The average Bonchev–Trinajstić information content (AvgIpc) is 3.01. The molecule has 27 heavy (non-hydrogen) atoms. The molecule has 0 aliphatic rings. The van der Waals surface area contributed by atoms with Gasteiger partial charge in [-0.25, -0.2) is 4.79 Å². The van der Waals surface area contributed by atoms with Gasteiger partial charge >= 0.3 is 5.97 Å². The molecule has 0 saturated carbocycles. The molecule has 0 aliphatic carbocycles. The van der Waals surface area contributed by atoms with Gasteiger partial charge in [0.15, 0.2) is 0 Å². The van der Waals surface area contributed by atoms with Crippen LogP contribution < -0.4 is 5.32 Å². The minimum atomic E-state index is -0.394. The summed E-state index contributed by atoms with van der Waals surface area (Å²) in [5.41, 5.74) is 2.09. The zero-order chi connectivity index (χ0) is 19.4. The van der Waals surface area contributed by atoms with Crippen molar-refractivity contribution >= 4 is 39.0 Å². The predicted octanol–water partition coefficient (Wildman–Crippen LogP) is 5.67. The van der Waals surface area contributed by atoms with E-state index in [-0.39, 0.29) is 12.0 Å². The van der Waals surface area contributed by atoms with Gasteiger partial charge in [0.2, 0.25) is 0 Å². The number of carbonyl (C=O) groups is 2. The highest BCUT2D eigenvalue weighted by Gasteiger charge is 2.18. The molecule has 0 fully saturated rings. The van der Waals surface area contributed by atoms with Gasteiger partial charge in [0.25, 0.3) is 5.91 Å². The summed E-state index contributed by atoms with van der Waals surface area (Å²) in [6.45, 7) is 5.72. The summed E-state index contributed by atoms with van der Waals surface area (Å²) < 4.78 is 6.33. The van der Waals surface area contributed by atoms with Crippen molar-refractivity contribution in [1.29, 1.82) is 0 Å². The van der Waals surface area contributed by atoms with Crippen LogP contribution in [0, 0.1) is 0 Å². The molecule has 1 heterocycles. The molecule has 0 unspecified atom stereocenters. The van der Waals surface area contributed by atoms with Gasteiger partial charge in [-0.2, -0.15) is 0 Å². The number of aryl methyl sites for hydroxylation is 1. The Morgan fingerprint density at radius 2 is 1.89 bits per heavy atom. The van der Waals surface area contributed by atoms with E-state index < -0.39 is 5.97 Å². The molecule has 1 amide bonds. The maximum absolute atomic E-state index is 12.9. The molecule has 1 aromatic heterocycles. The largest absolute Gasteiger partial charge is 0.459 e. The van der Waals surface area contributed by atoms with Crippen LogP contribution in [-0.2, 0) is 11.2 Å². The van der Waals surface area contributed by atoms with Crippen molar-refractivity contribution in [3.05, 3.63) is 64.5 Å². The second kappa shape index (κ2) is 8.35. The number of amides is 1. The fourth-order valence-corrected chi connectivity index (χ4v) is 4.12. The van der Waals surface area contributed by atoms with E-state index in [4.69, 9.17) is 4.74 Å². The zero-order valence-corrected chi connectivity index (χ0v) is 16.6. The first-order valence-corrected chi connectivity index (χ1v) is 9.94. The number of hydrogen-bond donors (Lipinski definition) is 1.